The maximum absolute atomic E-state index is 14.3. The predicted molar refractivity (Wildman–Crippen MR) is 170 cm³/mol. The Morgan fingerprint density at radius 1 is 1.00 bits per heavy atom. The van der Waals surface area contributed by atoms with Gasteiger partial charge in [-0.1, -0.05) is 11.6 Å². The molecule has 4 unspecified atom stereocenters. The summed E-state index contributed by atoms with van der Waals surface area (Å²) in [7, 11) is 4.17. The van der Waals surface area contributed by atoms with Crippen molar-refractivity contribution in [1.29, 1.82) is 0 Å². The van der Waals surface area contributed by atoms with E-state index in [0.717, 1.165) is 17.0 Å². The van der Waals surface area contributed by atoms with Crippen molar-refractivity contribution in [3.05, 3.63) is 89.0 Å². The van der Waals surface area contributed by atoms with Crippen LogP contribution in [0.4, 0.5) is 22.7 Å². The molecule has 15 heteroatoms. The van der Waals surface area contributed by atoms with E-state index in [1.807, 2.05) is 0 Å². The first kappa shape index (κ1) is 31.8. The van der Waals surface area contributed by atoms with Crippen LogP contribution in [0.25, 0.3) is 0 Å². The molecule has 4 atom stereocenters. The summed E-state index contributed by atoms with van der Waals surface area (Å²) in [6.07, 6.45) is 3.09. The highest BCUT2D eigenvalue weighted by Gasteiger charge is 2.57. The zero-order chi connectivity index (χ0) is 34.2. The molecule has 1 N–H and O–H groups in total. The molecule has 2 aromatic carbocycles. The number of anilines is 2. The number of carbonyl (C=O) groups is 4. The van der Waals surface area contributed by atoms with Crippen molar-refractivity contribution in [1.82, 2.24) is 0 Å². The van der Waals surface area contributed by atoms with Crippen LogP contribution >= 0.6 is 15.9 Å². The fourth-order valence-corrected chi connectivity index (χ4v) is 7.83. The van der Waals surface area contributed by atoms with Gasteiger partial charge in [0.25, 0.3) is 0 Å². The number of phenols is 1. The summed E-state index contributed by atoms with van der Waals surface area (Å²) in [4.78, 5) is 79.6. The molecule has 6 rings (SSSR count). The van der Waals surface area contributed by atoms with Crippen molar-refractivity contribution < 1.29 is 38.9 Å². The third-order valence-electron chi connectivity index (χ3n) is 9.32. The summed E-state index contributed by atoms with van der Waals surface area (Å²) >= 11 is 3.33. The number of fused-ring (bicyclic) bond motifs is 3. The molecule has 0 radical (unpaired) electrons. The smallest absolute Gasteiger partial charge is 0.301 e. The van der Waals surface area contributed by atoms with Crippen molar-refractivity contribution >= 4 is 62.1 Å². The molecule has 1 fully saturated rings. The second-order valence-electron chi connectivity index (χ2n) is 12.0. The molecule has 1 heterocycles. The minimum atomic E-state index is -1.02. The van der Waals surface area contributed by atoms with Crippen molar-refractivity contribution in [2.45, 2.75) is 25.7 Å². The Labute approximate surface area is 275 Å². The van der Waals surface area contributed by atoms with Crippen LogP contribution in [0.1, 0.15) is 31.2 Å². The van der Waals surface area contributed by atoms with Crippen LogP contribution < -0.4 is 14.5 Å². The maximum atomic E-state index is 14.3. The van der Waals surface area contributed by atoms with E-state index >= 15 is 0 Å². The number of imide groups is 1. The average molecular weight is 707 g/mol. The van der Waals surface area contributed by atoms with Gasteiger partial charge in [-0.25, -0.2) is 4.90 Å². The van der Waals surface area contributed by atoms with Crippen LogP contribution in [-0.2, 0) is 19.2 Å². The minimum absolute atomic E-state index is 0.0176. The van der Waals surface area contributed by atoms with Crippen LogP contribution in [-0.4, -0.2) is 59.5 Å². The number of methoxy groups -OCH3 is 1. The lowest BCUT2D eigenvalue weighted by Crippen LogP contribution is -2.39. The predicted octanol–water partition coefficient (Wildman–Crippen LogP) is 4.68. The second-order valence-corrected chi connectivity index (χ2v) is 12.9. The highest BCUT2D eigenvalue weighted by molar-refractivity contribution is 9.10. The zero-order valence-corrected chi connectivity index (χ0v) is 27.1. The number of hydrogen-bond donors (Lipinski definition) is 1. The largest absolute Gasteiger partial charge is 0.503 e. The summed E-state index contributed by atoms with van der Waals surface area (Å²) < 4.78 is 5.63. The van der Waals surface area contributed by atoms with Gasteiger partial charge in [-0.05, 0) is 65.4 Å². The first-order valence-corrected chi connectivity index (χ1v) is 15.3. The Hall–Kier alpha value is -5.18. The number of amides is 2. The molecular formula is C32H27BrN4O10. The van der Waals surface area contributed by atoms with E-state index in [1.165, 1.54) is 32.2 Å². The molecule has 242 valence electrons. The molecule has 0 saturated carbocycles. The number of halogens is 1. The molecule has 14 nitrogen and oxygen atoms in total. The zero-order valence-electron chi connectivity index (χ0n) is 25.5. The molecule has 4 aliphatic rings. The Morgan fingerprint density at radius 2 is 1.64 bits per heavy atom. The minimum Gasteiger partial charge on any atom is -0.503 e. The van der Waals surface area contributed by atoms with E-state index in [-0.39, 0.29) is 62.7 Å². The van der Waals surface area contributed by atoms with E-state index in [1.54, 1.807) is 25.1 Å². The second kappa shape index (κ2) is 11.3. The molecular weight excluding hydrogens is 680 g/mol. The maximum Gasteiger partial charge on any atom is 0.301 e. The molecule has 0 aromatic heterocycles. The molecule has 47 heavy (non-hydrogen) atoms. The molecule has 3 aliphatic carbocycles. The van der Waals surface area contributed by atoms with Gasteiger partial charge in [-0.2, -0.15) is 0 Å². The van der Waals surface area contributed by atoms with Gasteiger partial charge >= 0.3 is 11.4 Å². The Balaban J connectivity index is 1.50. The average Bonchev–Trinajstić information content (AvgIpc) is 3.28. The third kappa shape index (κ3) is 4.75. The van der Waals surface area contributed by atoms with Crippen molar-refractivity contribution in [2.75, 3.05) is 31.0 Å². The number of benzene rings is 2. The van der Waals surface area contributed by atoms with Gasteiger partial charge in [0.2, 0.25) is 11.8 Å². The van der Waals surface area contributed by atoms with Gasteiger partial charge < -0.3 is 14.7 Å². The molecule has 0 spiro atoms. The third-order valence-corrected chi connectivity index (χ3v) is 9.93. The van der Waals surface area contributed by atoms with Crippen LogP contribution in [0.15, 0.2) is 63.2 Å². The molecule has 2 aromatic rings. The van der Waals surface area contributed by atoms with Crippen LogP contribution in [0.3, 0.4) is 0 Å². The number of ether oxygens (including phenoxy) is 1. The summed E-state index contributed by atoms with van der Waals surface area (Å²) in [5.41, 5.74) is -0.0694. The van der Waals surface area contributed by atoms with E-state index in [0.29, 0.717) is 11.1 Å². The highest BCUT2D eigenvalue weighted by Crippen LogP contribution is 2.56. The van der Waals surface area contributed by atoms with Crippen molar-refractivity contribution in [3.8, 4) is 11.5 Å². The topological polar surface area (TPSA) is 190 Å². The molecule has 1 aliphatic heterocycles. The number of ketones is 2. The Bertz CT molecular complexity index is 1930. The standard InChI is InChI=1S/C32H27BrN4O10/c1-13-7-23(38)19-12-18-16(25(27(19)29(13)39)14-8-20(33)30(40)24(9-14)47-4)5-6-17-26(18)32(42)35(31(17)41)15-10-21(36(43)44)28(34(2)3)22(11-15)37(45)46/h5,7-11,17-18,25-26,40H,6,12H2,1-4H3. The molecule has 2 amide bonds. The van der Waals surface area contributed by atoms with Gasteiger partial charge in [0.1, 0.15) is 0 Å². The fraction of sp³-hybridized carbons (Fsp3) is 0.312. The van der Waals surface area contributed by atoms with E-state index in [2.05, 4.69) is 15.9 Å². The first-order valence-electron chi connectivity index (χ1n) is 14.5. The summed E-state index contributed by atoms with van der Waals surface area (Å²) in [5, 5.41) is 34.5. The van der Waals surface area contributed by atoms with Crippen molar-refractivity contribution in [2.24, 2.45) is 17.8 Å². The monoisotopic (exact) mass is 706 g/mol. The Kier molecular flexibility index (Phi) is 7.62. The lowest BCUT2D eigenvalue weighted by molar-refractivity contribution is -0.392. The molecule has 1 saturated heterocycles. The highest BCUT2D eigenvalue weighted by atomic mass is 79.9. The van der Waals surface area contributed by atoms with E-state index in [4.69, 9.17) is 4.74 Å². The first-order chi connectivity index (χ1) is 22.2. The number of phenolic OH excluding ortho intramolecular Hbond substituents is 1. The fourth-order valence-electron chi connectivity index (χ4n) is 7.37. The van der Waals surface area contributed by atoms with Crippen molar-refractivity contribution in [3.63, 3.8) is 0 Å². The SMILES string of the molecule is COc1cc(C2C3=CCC4C(=O)N(c5cc([N+](=O)[O-])c(N(C)C)c([N+](=O)[O-])c5)C(=O)C4C3CC3=C2C(=O)C(C)=CC3=O)cc(Br)c1O. The van der Waals surface area contributed by atoms with Gasteiger partial charge in [-0.3, -0.25) is 39.4 Å². The normalized spacial score (nSPS) is 23.6. The van der Waals surface area contributed by atoms with E-state index < -0.39 is 62.5 Å². The number of hydrogen-bond acceptors (Lipinski definition) is 11. The number of nitro groups is 2. The number of aromatic hydroxyl groups is 1. The number of rotatable bonds is 6. The quantitative estimate of drug-likeness (QED) is 0.144. The number of carbonyl (C=O) groups excluding carboxylic acids is 4. The summed E-state index contributed by atoms with van der Waals surface area (Å²) in [5.74, 6) is -5.69. The summed E-state index contributed by atoms with van der Waals surface area (Å²) in [6, 6.07) is 5.11. The van der Waals surface area contributed by atoms with Gasteiger partial charge in [-0.15, -0.1) is 0 Å². The van der Waals surface area contributed by atoms with Gasteiger partial charge in [0, 0.05) is 48.9 Å². The number of Topliss-reactive ketones (excluding diaryl/α,β-unsaturated/α-hetero) is 1. The van der Waals surface area contributed by atoms with E-state index in [9.17, 15) is 44.5 Å². The number of nitrogens with zero attached hydrogens (tertiary/aromatic N) is 4. The summed E-state index contributed by atoms with van der Waals surface area (Å²) in [6.45, 7) is 1.54. The van der Waals surface area contributed by atoms with Gasteiger partial charge in [0.05, 0.1) is 39.0 Å². The number of nitro benzene ring substituents is 2. The van der Waals surface area contributed by atoms with Gasteiger partial charge in [0.15, 0.2) is 28.8 Å². The number of allylic oxidation sites excluding steroid dienone is 6. The van der Waals surface area contributed by atoms with Crippen LogP contribution in [0.5, 0.6) is 11.5 Å². The van der Waals surface area contributed by atoms with Crippen LogP contribution in [0.2, 0.25) is 0 Å². The lowest BCUT2D eigenvalue weighted by Gasteiger charge is -2.42. The molecule has 0 bridgehead atoms. The Morgan fingerprint density at radius 3 is 2.21 bits per heavy atom. The van der Waals surface area contributed by atoms with Crippen LogP contribution in [0, 0.1) is 38.0 Å². The lowest BCUT2D eigenvalue weighted by atomic mass is 9.59.